The Labute approximate surface area is 801 Å². The maximum atomic E-state index is 12.6. The first-order chi connectivity index (χ1) is 55.5. The Hall–Kier alpha value is -4.97. The number of Topliss-reactive ketones (excluding diaryl/α,β-unsaturated/α-hetero) is 2. The number of nitrogens with zero attached hydrogens (tertiary/aromatic N) is 14. The number of methoxy groups -OCH3 is 3. The van der Waals surface area contributed by atoms with E-state index in [1.807, 2.05) is 34.6 Å². The number of nitrogens with one attached hydrogen (secondary N) is 2. The molecule has 1 amide bonds. The first-order valence-corrected chi connectivity index (χ1v) is 52.6. The van der Waals surface area contributed by atoms with Crippen molar-refractivity contribution in [2.45, 2.75) is 277 Å². The van der Waals surface area contributed by atoms with Gasteiger partial charge in [-0.15, -0.1) is 0 Å². The van der Waals surface area contributed by atoms with Crippen molar-refractivity contribution in [2.75, 3.05) is 48.0 Å². The molecule has 0 aromatic carbocycles. The summed E-state index contributed by atoms with van der Waals surface area (Å²) < 4.78 is 17.6. The molecule has 691 valence electrons. The van der Waals surface area contributed by atoms with Crippen LogP contribution in [-0.2, 0) is 78.2 Å². The second kappa shape index (κ2) is 63.9. The van der Waals surface area contributed by atoms with Crippen LogP contribution in [0.3, 0.4) is 0 Å². The minimum Gasteiger partial charge on any atom is -0.793 e. The van der Waals surface area contributed by atoms with Crippen molar-refractivity contribution in [3.05, 3.63) is 76.9 Å². The van der Waals surface area contributed by atoms with Crippen LogP contribution < -0.4 is 59.3 Å². The smallest absolute Gasteiger partial charge is 0.793 e. The van der Waals surface area contributed by atoms with E-state index < -0.39 is 52.8 Å². The minimum atomic E-state index is -0.904. The van der Waals surface area contributed by atoms with Gasteiger partial charge in [0, 0.05) is 76.1 Å². The molecule has 11 rings (SSSR count). The molecule has 7 aliphatic rings. The fraction of sp³-hybridized carbons (Fsp3) is 0.671. The summed E-state index contributed by atoms with van der Waals surface area (Å²) in [6, 6.07) is -0.380. The molecule has 4 aromatic heterocycles. The van der Waals surface area contributed by atoms with Gasteiger partial charge in [0.05, 0.1) is 43.4 Å². The van der Waals surface area contributed by atoms with Crippen molar-refractivity contribution in [3.63, 3.8) is 0 Å². The van der Waals surface area contributed by atoms with Gasteiger partial charge in [0.15, 0.2) is 11.6 Å². The van der Waals surface area contributed by atoms with Crippen LogP contribution in [0.1, 0.15) is 222 Å². The quantitative estimate of drug-likeness (QED) is 0.00458. The van der Waals surface area contributed by atoms with E-state index in [1.165, 1.54) is 66.8 Å². The first-order valence-electron chi connectivity index (χ1n) is 37.6. The number of hydrogen-bond donors (Lipinski definition) is 4. The van der Waals surface area contributed by atoms with Gasteiger partial charge >= 0.3 is 122 Å². The van der Waals surface area contributed by atoms with Crippen LogP contribution in [-0.4, -0.2) is 194 Å². The molecule has 0 spiro atoms. The standard InChI is InChI=1S/C14H19ClN4O4.C14H19ClN4O.C14H18ClN3O.C10H19NO2.C5H10ClNO2.C5H8O.C4HCl2N3O2.C4H6O4.C2H3BO2.4CH4.H2I2S2.Na/c1-4-10(13(20)23-3)18(8(2)9-5-6-9)12-11(19(21)22)7-16-14(15)17-12;1-4-10-13(20)18(3)11-7-16-14(15)17-12(11)19(10)8(2)9-5-6-9;1-3-11-12(19)6-10-7-16-14(15)17-13(10)18(11)8(2)9-4-5-9;1-4-9(10(12)13-3)11-7(2)8-5-6-8;1-3-4(7-6)5(8)9-2;1-4(6)5-2-3-5;5-3-2(9(10)11)1-7-4(6)8-3;1-3(5)7-8-4(2)6;1-2(4)5-3;;;;;1-2(3)4;/h7-10H,4-6H2,1-3H3;7-10H,4-6H2,1-3H3;7-9,11H,3-6H2,1-2H3;7-9,11H,4-6H2,1-3H3;4,7H,3H2,1-2H3;5H,2-3H2,1H3;1H;1-2H3;1H3;4*1H4;3-4H;/q;;;;;;;;-1;;;;;;+1/t2*8?,10-;8?,11-;7?,9-;4-;;;;;;;;;;/m11111........../s1. The first kappa shape index (κ1) is 124. The van der Waals surface area contributed by atoms with Crippen LogP contribution in [0.5, 0.6) is 0 Å². The van der Waals surface area contributed by atoms with Crippen LogP contribution in [0.2, 0.25) is 26.3 Å². The summed E-state index contributed by atoms with van der Waals surface area (Å²) in [6.45, 7) is 23.4. The van der Waals surface area contributed by atoms with Gasteiger partial charge < -0.3 is 51.8 Å². The van der Waals surface area contributed by atoms with Crippen molar-refractivity contribution < 1.29 is 111 Å². The Balaban J connectivity index is -0.000000662. The molecule has 0 bridgehead atoms. The topological polar surface area (TPSA) is 435 Å². The molecule has 35 nitrogen and oxygen atoms in total. The number of esters is 3. The Morgan fingerprint density at radius 2 is 1.00 bits per heavy atom. The molecule has 4 aromatic rings. The number of nitro groups is 2. The van der Waals surface area contributed by atoms with E-state index in [1.54, 1.807) is 36.2 Å². The normalized spacial score (nSPS) is 16.9. The molecule has 3 radical (unpaired) electrons. The Morgan fingerprint density at radius 1 is 0.602 bits per heavy atom. The van der Waals surface area contributed by atoms with E-state index in [-0.39, 0.29) is 157 Å². The molecule has 4 unspecified atom stereocenters. The van der Waals surface area contributed by atoms with Crippen LogP contribution >= 0.6 is 121 Å². The van der Waals surface area contributed by atoms with Gasteiger partial charge in [-0.1, -0.05) is 75.9 Å². The van der Waals surface area contributed by atoms with Gasteiger partial charge in [0.2, 0.25) is 44.0 Å². The SMILES string of the molecule is C.C.C.C.CC(=O)C1CC1.CC(=O)OOC(C)=O.CC[C@@H](NC(C)C1CC1)C(=O)OC.CC[C@@H](NCl)C(=O)OC.CC[C@@H]1C(=O)Cc2cnc(Cl)nc2N1C(C)C1CC1.CC[C@@H]1C(=O)N(C)c2cnc(Cl)nc2N1C(C)C1CC1.CC[C@H](C(=O)OC)N(c1nc(Cl)ncc1[N+](=O)[O-])C(C)C1CC1.O=[N+]([O-])c1cnc(Cl)nc1Cl.SI(S)I.[B-]OC(C)=O.[Na+]. The van der Waals surface area contributed by atoms with Crippen molar-refractivity contribution in [2.24, 2.45) is 29.6 Å². The summed E-state index contributed by atoms with van der Waals surface area (Å²) in [4.78, 5) is 167. The number of likely N-dealkylation sites (N-methyl/N-ethyl adjacent to an activating group) is 1. The van der Waals surface area contributed by atoms with E-state index in [4.69, 9.17) is 79.3 Å². The third kappa shape index (κ3) is 44.3. The zero-order valence-electron chi connectivity index (χ0n) is 69.7. The average Bonchev–Trinajstić information content (AvgIpc) is 1.74. The minimum absolute atomic E-state index is 0. The summed E-state index contributed by atoms with van der Waals surface area (Å²) in [7, 11) is 18.1. The molecule has 5 fully saturated rings. The van der Waals surface area contributed by atoms with E-state index in [0.29, 0.717) is 66.8 Å². The number of thiol groups is 2. The number of anilines is 4. The van der Waals surface area contributed by atoms with Gasteiger partial charge in [-0.25, -0.2) is 53.9 Å². The number of rotatable bonds is 23. The summed E-state index contributed by atoms with van der Waals surface area (Å²) in [5.41, 5.74) is 1.03. The van der Waals surface area contributed by atoms with E-state index in [2.05, 4.69) is 153 Å². The van der Waals surface area contributed by atoms with Crippen molar-refractivity contribution >= 4 is 217 Å². The molecule has 0 saturated heterocycles. The molecule has 5 saturated carbocycles. The second-order valence-corrected chi connectivity index (χ2v) is 51.1. The van der Waals surface area contributed by atoms with Crippen LogP contribution in [0.25, 0.3) is 0 Å². The van der Waals surface area contributed by atoms with Crippen molar-refractivity contribution in [3.8, 4) is 0 Å². The Morgan fingerprint density at radius 3 is 1.35 bits per heavy atom. The van der Waals surface area contributed by atoms with E-state index in [9.17, 15) is 63.4 Å². The maximum Gasteiger partial charge on any atom is 1.00 e. The zero-order valence-corrected chi connectivity index (χ0v) is 82.4. The molecule has 9 atom stereocenters. The zero-order chi connectivity index (χ0) is 89.7. The summed E-state index contributed by atoms with van der Waals surface area (Å²) >= 11 is 34.9. The molecular weight excluding hydrogens is 2010 g/mol. The van der Waals surface area contributed by atoms with Gasteiger partial charge in [-0.3, -0.25) is 49.0 Å². The number of hydrogen-bond acceptors (Lipinski definition) is 34. The fourth-order valence-electron chi connectivity index (χ4n) is 11.8. The number of halogens is 8. The predicted molar refractivity (Wildman–Crippen MR) is 501 cm³/mol. The number of aromatic nitrogens is 8. The van der Waals surface area contributed by atoms with Crippen LogP contribution in [0.4, 0.5) is 34.5 Å². The third-order valence-electron chi connectivity index (χ3n) is 19.0. The number of carbonyl (C=O) groups excluding carboxylic acids is 9. The molecule has 2 N–H and O–H groups in total. The Kier molecular flexibility index (Phi) is 64.6. The monoisotopic (exact) mass is 2120 g/mol. The number of fused-ring (bicyclic) bond motifs is 2. The van der Waals surface area contributed by atoms with Gasteiger partial charge in [0.1, 0.15) is 53.8 Å². The summed E-state index contributed by atoms with van der Waals surface area (Å²) in [6.07, 6.45) is 21.1. The van der Waals surface area contributed by atoms with E-state index in [0.717, 1.165) is 100.0 Å². The number of carbonyl (C=O) groups is 9. The van der Waals surface area contributed by atoms with Gasteiger partial charge in [0.25, 0.3) is 0 Å². The van der Waals surface area contributed by atoms with Gasteiger partial charge in [-0.2, -0.15) is 15.0 Å². The third-order valence-corrected chi connectivity index (χ3v) is 20.2. The summed E-state index contributed by atoms with van der Waals surface area (Å²) in [5, 5.41) is 24.8. The van der Waals surface area contributed by atoms with Gasteiger partial charge in [-0.05, 0) is 213 Å². The number of ketones is 2. The molecule has 6 heterocycles. The molecule has 47 heteroatoms. The molecule has 5 aliphatic carbocycles. The fourth-order valence-corrected chi connectivity index (χ4v) is 12.8. The van der Waals surface area contributed by atoms with Crippen molar-refractivity contribution in [1.82, 2.24) is 50.0 Å². The number of amides is 1. The molecule has 123 heavy (non-hydrogen) atoms. The number of ether oxygens (including phenoxy) is 3. The van der Waals surface area contributed by atoms with E-state index >= 15 is 0 Å². The molecular formula is C76H121BCl6I2N16NaO19S2. The maximum absolute atomic E-state index is 12.6. The molecule has 2 aliphatic heterocycles. The second-order valence-electron chi connectivity index (χ2n) is 27.5. The summed E-state index contributed by atoms with van der Waals surface area (Å²) in [5.74, 6) is 2.74. The largest absolute Gasteiger partial charge is 1.00 e. The van der Waals surface area contributed by atoms with Crippen LogP contribution in [0, 0.1) is 49.8 Å². The Bertz CT molecular complexity index is 3960. The average molecular weight is 2130 g/mol. The predicted octanol–water partition coefficient (Wildman–Crippen LogP) is 14.1. The van der Waals surface area contributed by atoms with Crippen LogP contribution in [0.15, 0.2) is 24.8 Å². The van der Waals surface area contributed by atoms with Crippen molar-refractivity contribution in [1.29, 1.82) is 0 Å².